The molecule has 1 saturated heterocycles. The largest absolute Gasteiger partial charge is 0.325 e. The third kappa shape index (κ3) is 3.39. The van der Waals surface area contributed by atoms with Crippen LogP contribution in [0.4, 0.5) is 4.79 Å². The van der Waals surface area contributed by atoms with Gasteiger partial charge in [-0.25, -0.2) is 4.79 Å². The van der Waals surface area contributed by atoms with Gasteiger partial charge in [0.25, 0.3) is 0 Å². The number of urea groups is 1. The van der Waals surface area contributed by atoms with Gasteiger partial charge in [0.05, 0.1) is 0 Å². The zero-order valence-corrected chi connectivity index (χ0v) is 12.0. The van der Waals surface area contributed by atoms with E-state index >= 15 is 0 Å². The lowest BCUT2D eigenvalue weighted by atomic mass is 10.0. The Balaban J connectivity index is 1.90. The molecule has 2 fully saturated rings. The van der Waals surface area contributed by atoms with E-state index in [9.17, 15) is 4.79 Å². The van der Waals surface area contributed by atoms with Crippen molar-refractivity contribution in [1.29, 1.82) is 0 Å². The number of rotatable bonds is 1. The number of nitrogens with zero attached hydrogens (tertiary/aromatic N) is 2. The summed E-state index contributed by atoms with van der Waals surface area (Å²) in [5.74, 6) is 0.672. The minimum Gasteiger partial charge on any atom is -0.325 e. The summed E-state index contributed by atoms with van der Waals surface area (Å²) in [5.41, 5.74) is 0. The molecule has 0 N–H and O–H groups in total. The number of likely N-dealkylation sites (tertiary alicyclic amines) is 1. The fourth-order valence-electron chi connectivity index (χ4n) is 3.39. The highest BCUT2D eigenvalue weighted by atomic mass is 16.2. The van der Waals surface area contributed by atoms with Gasteiger partial charge in [-0.15, -0.1) is 0 Å². The first-order valence-electron chi connectivity index (χ1n) is 7.70. The Hall–Kier alpha value is -0.730. The second-order valence-corrected chi connectivity index (χ2v) is 6.23. The molecule has 3 heteroatoms. The Morgan fingerprint density at radius 1 is 1.06 bits per heavy atom. The number of carbonyl (C=O) groups is 1. The van der Waals surface area contributed by atoms with Crippen LogP contribution in [-0.2, 0) is 0 Å². The lowest BCUT2D eigenvalue weighted by Crippen LogP contribution is -2.49. The van der Waals surface area contributed by atoms with Gasteiger partial charge in [-0.3, -0.25) is 0 Å². The van der Waals surface area contributed by atoms with Gasteiger partial charge in [0.2, 0.25) is 0 Å². The van der Waals surface area contributed by atoms with Gasteiger partial charge in [-0.2, -0.15) is 0 Å². The average molecular weight is 252 g/mol. The van der Waals surface area contributed by atoms with E-state index in [0.717, 1.165) is 13.1 Å². The van der Waals surface area contributed by atoms with Crippen molar-refractivity contribution < 1.29 is 4.79 Å². The van der Waals surface area contributed by atoms with Crippen LogP contribution in [0, 0.1) is 5.92 Å². The smallest absolute Gasteiger partial charge is 0.319 e. The zero-order valence-electron chi connectivity index (χ0n) is 12.0. The third-order valence-corrected chi connectivity index (χ3v) is 4.60. The minimum atomic E-state index is 0.272. The molecule has 0 aromatic rings. The lowest BCUT2D eigenvalue weighted by molar-refractivity contribution is 0.122. The molecule has 1 atom stereocenters. The minimum absolute atomic E-state index is 0.272. The molecule has 2 aliphatic rings. The van der Waals surface area contributed by atoms with Crippen molar-refractivity contribution in [3.05, 3.63) is 0 Å². The first-order valence-corrected chi connectivity index (χ1v) is 7.70. The van der Waals surface area contributed by atoms with Gasteiger partial charge in [-0.05, 0) is 31.6 Å². The number of hydrogen-bond acceptors (Lipinski definition) is 1. The van der Waals surface area contributed by atoms with Gasteiger partial charge >= 0.3 is 6.03 Å². The Bertz CT molecular complexity index is 272. The molecule has 0 aromatic carbocycles. The van der Waals surface area contributed by atoms with E-state index in [1.807, 2.05) is 11.9 Å². The first-order chi connectivity index (χ1) is 8.68. The second kappa shape index (κ2) is 6.44. The van der Waals surface area contributed by atoms with Crippen LogP contribution in [0.3, 0.4) is 0 Å². The molecule has 2 amide bonds. The molecule has 0 spiro atoms. The summed E-state index contributed by atoms with van der Waals surface area (Å²) in [5, 5.41) is 0. The Morgan fingerprint density at radius 3 is 2.33 bits per heavy atom. The molecule has 1 saturated carbocycles. The molecule has 1 aliphatic carbocycles. The van der Waals surface area contributed by atoms with Crippen molar-refractivity contribution in [3.63, 3.8) is 0 Å². The van der Waals surface area contributed by atoms with Crippen molar-refractivity contribution in [2.75, 3.05) is 20.1 Å². The van der Waals surface area contributed by atoms with Gasteiger partial charge in [0, 0.05) is 26.2 Å². The van der Waals surface area contributed by atoms with Crippen molar-refractivity contribution in [1.82, 2.24) is 9.80 Å². The molecule has 0 bridgehead atoms. The molecular formula is C15H28N2O. The molecular weight excluding hydrogens is 224 g/mol. The Kier molecular flexibility index (Phi) is 4.90. The van der Waals surface area contributed by atoms with Crippen LogP contribution >= 0.6 is 0 Å². The highest BCUT2D eigenvalue weighted by Gasteiger charge is 2.27. The summed E-state index contributed by atoms with van der Waals surface area (Å²) >= 11 is 0. The van der Waals surface area contributed by atoms with Crippen LogP contribution in [0.15, 0.2) is 0 Å². The summed E-state index contributed by atoms with van der Waals surface area (Å²) in [6.45, 7) is 4.17. The van der Waals surface area contributed by atoms with E-state index in [-0.39, 0.29) is 6.03 Å². The van der Waals surface area contributed by atoms with E-state index < -0.39 is 0 Å². The van der Waals surface area contributed by atoms with Gasteiger partial charge in [0.1, 0.15) is 0 Å². The van der Waals surface area contributed by atoms with Crippen molar-refractivity contribution in [2.24, 2.45) is 5.92 Å². The van der Waals surface area contributed by atoms with Gasteiger partial charge in [-0.1, -0.05) is 32.6 Å². The van der Waals surface area contributed by atoms with Gasteiger partial charge in [0.15, 0.2) is 0 Å². The van der Waals surface area contributed by atoms with E-state index in [2.05, 4.69) is 11.8 Å². The maximum Gasteiger partial charge on any atom is 0.319 e. The summed E-state index contributed by atoms with van der Waals surface area (Å²) < 4.78 is 0. The van der Waals surface area contributed by atoms with Gasteiger partial charge < -0.3 is 9.80 Å². The molecule has 3 nitrogen and oxygen atoms in total. The van der Waals surface area contributed by atoms with E-state index in [0.29, 0.717) is 12.0 Å². The predicted molar refractivity (Wildman–Crippen MR) is 74.6 cm³/mol. The molecule has 0 aromatic heterocycles. The first kappa shape index (κ1) is 13.7. The average Bonchev–Trinajstić information content (AvgIpc) is 2.66. The summed E-state index contributed by atoms with van der Waals surface area (Å²) in [6, 6.07) is 0.755. The van der Waals surface area contributed by atoms with Crippen molar-refractivity contribution in [2.45, 2.75) is 64.3 Å². The third-order valence-electron chi connectivity index (χ3n) is 4.60. The molecule has 0 radical (unpaired) electrons. The van der Waals surface area contributed by atoms with Crippen LogP contribution in [0.1, 0.15) is 58.3 Å². The lowest BCUT2D eigenvalue weighted by Gasteiger charge is -2.37. The molecule has 104 valence electrons. The number of hydrogen-bond donors (Lipinski definition) is 0. The van der Waals surface area contributed by atoms with Crippen molar-refractivity contribution >= 4 is 6.03 Å². The number of carbonyl (C=O) groups excluding carboxylic acids is 1. The standard InChI is InChI=1S/C15H28N2O/c1-13-8-7-11-17(12-13)15(18)16(2)14-9-5-3-4-6-10-14/h13-14H,3-12H2,1-2H3. The van der Waals surface area contributed by atoms with E-state index in [1.165, 1.54) is 51.4 Å². The van der Waals surface area contributed by atoms with Crippen LogP contribution < -0.4 is 0 Å². The molecule has 1 heterocycles. The van der Waals surface area contributed by atoms with Crippen LogP contribution in [0.5, 0.6) is 0 Å². The predicted octanol–water partition coefficient (Wildman–Crippen LogP) is 3.49. The molecule has 2 rings (SSSR count). The van der Waals surface area contributed by atoms with Crippen LogP contribution in [0.25, 0.3) is 0 Å². The normalized spacial score (nSPS) is 26.8. The fraction of sp³-hybridized carbons (Fsp3) is 0.933. The highest BCUT2D eigenvalue weighted by molar-refractivity contribution is 5.74. The highest BCUT2D eigenvalue weighted by Crippen LogP contribution is 2.23. The monoisotopic (exact) mass is 252 g/mol. The van der Waals surface area contributed by atoms with Crippen LogP contribution in [0.2, 0.25) is 0 Å². The number of piperidine rings is 1. The maximum atomic E-state index is 12.5. The Labute approximate surface area is 112 Å². The summed E-state index contributed by atoms with van der Waals surface area (Å²) in [4.78, 5) is 16.6. The quantitative estimate of drug-likeness (QED) is 0.655. The zero-order chi connectivity index (χ0) is 13.0. The van der Waals surface area contributed by atoms with E-state index in [4.69, 9.17) is 0 Å². The SMILES string of the molecule is CC1CCCN(C(=O)N(C)C2CCCCCC2)C1. The Morgan fingerprint density at radius 2 is 1.72 bits per heavy atom. The summed E-state index contributed by atoms with van der Waals surface area (Å²) in [6.07, 6.45) is 10.1. The second-order valence-electron chi connectivity index (χ2n) is 6.23. The molecule has 18 heavy (non-hydrogen) atoms. The maximum absolute atomic E-state index is 12.5. The molecule has 1 unspecified atom stereocenters. The number of amides is 2. The summed E-state index contributed by atoms with van der Waals surface area (Å²) in [7, 11) is 2.01. The van der Waals surface area contributed by atoms with Crippen molar-refractivity contribution in [3.8, 4) is 0 Å². The molecule has 1 aliphatic heterocycles. The van der Waals surface area contributed by atoms with Crippen LogP contribution in [-0.4, -0.2) is 42.0 Å². The fourth-order valence-corrected chi connectivity index (χ4v) is 3.39. The topological polar surface area (TPSA) is 23.6 Å². The van der Waals surface area contributed by atoms with E-state index in [1.54, 1.807) is 0 Å².